The SMILES string of the molecule is Cc1ccnc(C(C)C)c1-n1c(=O)nc(N2CCN(C(=O)C(N=N)N=N)C[C@@H]2C)c2cc(Cl)c(-c3ccccc3F)nc21. The van der Waals surface area contributed by atoms with E-state index in [0.29, 0.717) is 22.6 Å². The summed E-state index contributed by atoms with van der Waals surface area (Å²) in [5.74, 6) is -0.760. The number of carbonyl (C=O) groups excluding carboxylic acids is 1. The number of nitrogens with zero attached hydrogens (tertiary/aromatic N) is 8. The lowest BCUT2D eigenvalue weighted by molar-refractivity contribution is -0.133. The van der Waals surface area contributed by atoms with Crippen LogP contribution in [0.1, 0.15) is 37.9 Å². The van der Waals surface area contributed by atoms with Crippen LogP contribution in [0.2, 0.25) is 5.02 Å². The fraction of sp³-hybridized carbons (Fsp3) is 0.345. The molecule has 1 atom stereocenters. The number of rotatable bonds is 7. The number of hydrogen-bond donors (Lipinski definition) is 2. The summed E-state index contributed by atoms with van der Waals surface area (Å²) in [5.41, 5.74) is 16.4. The standard InChI is InChI=1S/C29H30ClFN10O2/c1-15(2)22-24(16(3)9-10-34-22)41-27-19(13-20(30)23(35-27)18-7-5-6-8-21(18)31)26(36-29(41)43)40-12-11-39(14-17(40)4)28(42)25(37-32)38-33/h5-10,13,15,17,25,32-33H,11-12,14H2,1-4H3/t17-,25?/m0/s1. The molecule has 0 radical (unpaired) electrons. The minimum Gasteiger partial charge on any atom is -0.350 e. The van der Waals surface area contributed by atoms with Crippen molar-refractivity contribution >= 4 is 34.4 Å². The molecule has 1 amide bonds. The second-order valence-corrected chi connectivity index (χ2v) is 11.1. The van der Waals surface area contributed by atoms with Crippen LogP contribution in [0.15, 0.2) is 57.6 Å². The number of halogens is 2. The molecule has 4 heterocycles. The molecule has 1 aromatic carbocycles. The van der Waals surface area contributed by atoms with Crippen LogP contribution in [-0.2, 0) is 4.79 Å². The molecule has 12 nitrogen and oxygen atoms in total. The normalized spacial score (nSPS) is 16.0. The molecule has 0 bridgehead atoms. The second-order valence-electron chi connectivity index (χ2n) is 10.7. The molecule has 0 unspecified atom stereocenters. The van der Waals surface area contributed by atoms with Gasteiger partial charge in [-0.2, -0.15) is 15.2 Å². The van der Waals surface area contributed by atoms with Crippen LogP contribution >= 0.6 is 11.6 Å². The summed E-state index contributed by atoms with van der Waals surface area (Å²) >= 11 is 6.76. The molecule has 0 aliphatic carbocycles. The number of hydrogen-bond acceptors (Lipinski definition) is 10. The number of aryl methyl sites for hydroxylation is 1. The Balaban J connectivity index is 1.74. The zero-order valence-corrected chi connectivity index (χ0v) is 24.8. The van der Waals surface area contributed by atoms with Gasteiger partial charge in [-0.25, -0.2) is 29.8 Å². The first-order valence-electron chi connectivity index (χ1n) is 13.7. The molecule has 5 rings (SSSR count). The summed E-state index contributed by atoms with van der Waals surface area (Å²) in [6, 6.07) is 9.28. The summed E-state index contributed by atoms with van der Waals surface area (Å²) in [6.45, 7) is 8.44. The number of fused-ring (bicyclic) bond motifs is 1. The lowest BCUT2D eigenvalue weighted by atomic mass is 10.0. The molecule has 4 aromatic rings. The zero-order valence-electron chi connectivity index (χ0n) is 24.0. The van der Waals surface area contributed by atoms with E-state index in [2.05, 4.69) is 20.2 Å². The third-order valence-corrected chi connectivity index (χ3v) is 7.82. The Bertz CT molecular complexity index is 1800. The van der Waals surface area contributed by atoms with Gasteiger partial charge >= 0.3 is 5.69 Å². The van der Waals surface area contributed by atoms with Gasteiger partial charge in [-0.1, -0.05) is 37.6 Å². The van der Waals surface area contributed by atoms with E-state index >= 15 is 0 Å². The van der Waals surface area contributed by atoms with Crippen molar-refractivity contribution in [1.82, 2.24) is 24.4 Å². The Labute approximate surface area is 251 Å². The molecule has 43 heavy (non-hydrogen) atoms. The Morgan fingerprint density at radius 3 is 2.51 bits per heavy atom. The van der Waals surface area contributed by atoms with E-state index in [9.17, 15) is 14.0 Å². The monoisotopic (exact) mass is 604 g/mol. The van der Waals surface area contributed by atoms with Gasteiger partial charge in [-0.15, -0.1) is 0 Å². The molecule has 1 saturated heterocycles. The van der Waals surface area contributed by atoms with Gasteiger partial charge in [0.15, 0.2) is 5.65 Å². The number of pyridine rings is 2. The number of amides is 1. The number of aromatic nitrogens is 4. The van der Waals surface area contributed by atoms with Crippen molar-refractivity contribution < 1.29 is 9.18 Å². The summed E-state index contributed by atoms with van der Waals surface area (Å²) in [4.78, 5) is 44.0. The van der Waals surface area contributed by atoms with Gasteiger partial charge in [-0.05, 0) is 49.6 Å². The minimum absolute atomic E-state index is 0.0322. The van der Waals surface area contributed by atoms with Gasteiger partial charge < -0.3 is 9.80 Å². The van der Waals surface area contributed by atoms with Gasteiger partial charge in [0.1, 0.15) is 11.6 Å². The van der Waals surface area contributed by atoms with Crippen LogP contribution < -0.4 is 10.6 Å². The van der Waals surface area contributed by atoms with E-state index in [1.807, 2.05) is 32.6 Å². The van der Waals surface area contributed by atoms with Crippen LogP contribution in [0.5, 0.6) is 0 Å². The molecule has 1 fully saturated rings. The van der Waals surface area contributed by atoms with E-state index < -0.39 is 23.6 Å². The number of carbonyl (C=O) groups is 1. The predicted octanol–water partition coefficient (Wildman–Crippen LogP) is 5.49. The lowest BCUT2D eigenvalue weighted by Gasteiger charge is -2.41. The van der Waals surface area contributed by atoms with Gasteiger partial charge in [0.05, 0.1) is 27.5 Å². The Morgan fingerprint density at radius 1 is 1.14 bits per heavy atom. The Morgan fingerprint density at radius 2 is 1.86 bits per heavy atom. The molecule has 222 valence electrons. The fourth-order valence-electron chi connectivity index (χ4n) is 5.43. The van der Waals surface area contributed by atoms with Gasteiger partial charge in [-0.3, -0.25) is 9.78 Å². The molecule has 1 aliphatic heterocycles. The first-order valence-corrected chi connectivity index (χ1v) is 14.1. The predicted molar refractivity (Wildman–Crippen MR) is 160 cm³/mol. The Kier molecular flexibility index (Phi) is 8.27. The first kappa shape index (κ1) is 29.8. The average molecular weight is 605 g/mol. The van der Waals surface area contributed by atoms with Crippen molar-refractivity contribution in [2.75, 3.05) is 24.5 Å². The van der Waals surface area contributed by atoms with E-state index in [0.717, 1.165) is 5.56 Å². The highest BCUT2D eigenvalue weighted by Gasteiger charge is 2.33. The van der Waals surface area contributed by atoms with Crippen molar-refractivity contribution in [1.29, 1.82) is 11.1 Å². The number of piperazine rings is 1. The zero-order chi connectivity index (χ0) is 31.0. The second kappa shape index (κ2) is 11.9. The molecular weight excluding hydrogens is 575 g/mol. The number of benzene rings is 1. The smallest absolute Gasteiger partial charge is 0.350 e. The van der Waals surface area contributed by atoms with Crippen molar-refractivity contribution in [3.05, 3.63) is 75.2 Å². The van der Waals surface area contributed by atoms with Crippen LogP contribution in [0, 0.1) is 23.8 Å². The highest BCUT2D eigenvalue weighted by atomic mass is 35.5. The molecule has 2 N–H and O–H groups in total. The van der Waals surface area contributed by atoms with Crippen LogP contribution in [-0.4, -0.2) is 62.2 Å². The summed E-state index contributed by atoms with van der Waals surface area (Å²) in [6.07, 6.45) is 0.270. The highest BCUT2D eigenvalue weighted by molar-refractivity contribution is 6.33. The number of anilines is 1. The molecule has 0 spiro atoms. The van der Waals surface area contributed by atoms with Crippen molar-refractivity contribution in [3.63, 3.8) is 0 Å². The van der Waals surface area contributed by atoms with Gasteiger partial charge in [0.2, 0.25) is 0 Å². The van der Waals surface area contributed by atoms with E-state index in [4.69, 9.17) is 27.6 Å². The van der Waals surface area contributed by atoms with E-state index in [1.165, 1.54) is 15.5 Å². The topological polar surface area (TPSA) is 157 Å². The van der Waals surface area contributed by atoms with E-state index in [-0.39, 0.29) is 53.5 Å². The third kappa shape index (κ3) is 5.36. The average Bonchev–Trinajstić information content (AvgIpc) is 2.98. The highest BCUT2D eigenvalue weighted by Crippen LogP contribution is 2.36. The van der Waals surface area contributed by atoms with E-state index in [1.54, 1.807) is 36.5 Å². The van der Waals surface area contributed by atoms with Crippen molar-refractivity contribution in [2.24, 2.45) is 10.2 Å². The fourth-order valence-corrected chi connectivity index (χ4v) is 5.68. The van der Waals surface area contributed by atoms with Crippen LogP contribution in [0.25, 0.3) is 28.0 Å². The van der Waals surface area contributed by atoms with Crippen LogP contribution in [0.3, 0.4) is 0 Å². The third-order valence-electron chi connectivity index (χ3n) is 7.53. The summed E-state index contributed by atoms with van der Waals surface area (Å²) < 4.78 is 16.4. The lowest BCUT2D eigenvalue weighted by Crippen LogP contribution is -2.55. The van der Waals surface area contributed by atoms with Gasteiger partial charge in [0.25, 0.3) is 12.1 Å². The summed E-state index contributed by atoms with van der Waals surface area (Å²) in [7, 11) is 0. The first-order chi connectivity index (χ1) is 20.6. The molecule has 0 saturated carbocycles. The van der Waals surface area contributed by atoms with Crippen LogP contribution in [0.4, 0.5) is 10.2 Å². The van der Waals surface area contributed by atoms with Crippen molar-refractivity contribution in [2.45, 2.75) is 45.8 Å². The largest absolute Gasteiger partial charge is 0.355 e. The summed E-state index contributed by atoms with van der Waals surface area (Å²) in [5, 5.41) is 6.90. The maximum absolute atomic E-state index is 15.0. The maximum atomic E-state index is 15.0. The molecule has 14 heteroatoms. The quantitative estimate of drug-likeness (QED) is 0.265. The maximum Gasteiger partial charge on any atom is 0.355 e. The minimum atomic E-state index is -1.42. The molecule has 3 aromatic heterocycles. The van der Waals surface area contributed by atoms with Crippen molar-refractivity contribution in [3.8, 4) is 16.9 Å². The Hall–Kier alpha value is -4.65. The van der Waals surface area contributed by atoms with Gasteiger partial charge in [0, 0.05) is 37.4 Å². The molecular formula is C29H30ClFN10O2. The molecule has 1 aliphatic rings. The number of nitrogens with one attached hydrogen (secondary N) is 2.